The van der Waals surface area contributed by atoms with Crippen molar-refractivity contribution in [3.63, 3.8) is 0 Å². The van der Waals surface area contributed by atoms with Crippen molar-refractivity contribution < 1.29 is 46.1 Å². The van der Waals surface area contributed by atoms with Crippen LogP contribution in [0.3, 0.4) is 0 Å². The molecular weight excluding hydrogens is 533 g/mol. The van der Waals surface area contributed by atoms with Gasteiger partial charge in [0.1, 0.15) is 5.75 Å². The molecule has 38 heavy (non-hydrogen) atoms. The number of nitriles is 1. The first-order chi connectivity index (χ1) is 17.8. The van der Waals surface area contributed by atoms with Gasteiger partial charge in [0.25, 0.3) is 10.0 Å². The maximum Gasteiger partial charge on any atom is 0.490 e. The zero-order valence-electron chi connectivity index (χ0n) is 20.1. The summed E-state index contributed by atoms with van der Waals surface area (Å²) in [4.78, 5) is 24.6. The molecule has 0 aliphatic carbocycles. The maximum atomic E-state index is 12.9. The van der Waals surface area contributed by atoms with Crippen molar-refractivity contribution in [2.24, 2.45) is 0 Å². The van der Waals surface area contributed by atoms with E-state index in [-0.39, 0.29) is 16.1 Å². The lowest BCUT2D eigenvalue weighted by molar-refractivity contribution is -0.192. The number of sulfonamides is 1. The zero-order chi connectivity index (χ0) is 28.5. The molecule has 11 nitrogen and oxygen atoms in total. The maximum absolute atomic E-state index is 12.9. The van der Waals surface area contributed by atoms with Crippen LogP contribution in [0, 0.1) is 11.3 Å². The summed E-state index contributed by atoms with van der Waals surface area (Å²) in [5, 5.41) is 25.2. The highest BCUT2D eigenvalue weighted by Crippen LogP contribution is 2.31. The van der Waals surface area contributed by atoms with Crippen LogP contribution < -0.4 is 14.4 Å². The van der Waals surface area contributed by atoms with Crippen molar-refractivity contribution in [3.8, 4) is 11.8 Å². The molecule has 0 radical (unpaired) electrons. The van der Waals surface area contributed by atoms with Gasteiger partial charge in [0.05, 0.1) is 35.0 Å². The van der Waals surface area contributed by atoms with Gasteiger partial charge < -0.3 is 19.8 Å². The second-order valence-electron chi connectivity index (χ2n) is 7.86. The number of hydrogen-bond donors (Lipinski definition) is 3. The SMILES string of the molecule is COc1ccc(S(=O)(=O)Nc2cc(C(=O)O)ccc2N2CCN(CCC#N)CC2)cc1.O=C(O)C(F)(F)F. The molecule has 206 valence electrons. The third kappa shape index (κ3) is 8.53. The third-order valence-corrected chi connectivity index (χ3v) is 6.73. The van der Waals surface area contributed by atoms with E-state index in [0.29, 0.717) is 37.5 Å². The van der Waals surface area contributed by atoms with Crippen molar-refractivity contribution in [2.75, 3.05) is 49.5 Å². The van der Waals surface area contributed by atoms with Gasteiger partial charge in [0.15, 0.2) is 0 Å². The highest BCUT2D eigenvalue weighted by molar-refractivity contribution is 7.92. The number of halogens is 3. The summed E-state index contributed by atoms with van der Waals surface area (Å²) in [5.41, 5.74) is 0.812. The lowest BCUT2D eigenvalue weighted by Crippen LogP contribution is -2.46. The van der Waals surface area contributed by atoms with E-state index in [0.717, 1.165) is 13.1 Å². The van der Waals surface area contributed by atoms with E-state index in [2.05, 4.69) is 15.7 Å². The van der Waals surface area contributed by atoms with Crippen molar-refractivity contribution >= 4 is 33.3 Å². The number of piperazine rings is 1. The third-order valence-electron chi connectivity index (χ3n) is 5.35. The second kappa shape index (κ2) is 13.0. The number of alkyl halides is 3. The summed E-state index contributed by atoms with van der Waals surface area (Å²) in [6.07, 6.45) is -4.62. The van der Waals surface area contributed by atoms with Crippen LogP contribution >= 0.6 is 0 Å². The summed E-state index contributed by atoms with van der Waals surface area (Å²) in [7, 11) is -2.44. The fraction of sp³-hybridized carbons (Fsp3) is 0.348. The van der Waals surface area contributed by atoms with Crippen molar-refractivity contribution in [2.45, 2.75) is 17.5 Å². The van der Waals surface area contributed by atoms with Crippen molar-refractivity contribution in [1.29, 1.82) is 5.26 Å². The van der Waals surface area contributed by atoms with Gasteiger partial charge in [0, 0.05) is 39.1 Å². The number of benzene rings is 2. The van der Waals surface area contributed by atoms with Crippen molar-refractivity contribution in [3.05, 3.63) is 48.0 Å². The van der Waals surface area contributed by atoms with E-state index < -0.39 is 28.1 Å². The quantitative estimate of drug-likeness (QED) is 0.440. The van der Waals surface area contributed by atoms with Crippen LogP contribution in [0.5, 0.6) is 5.75 Å². The highest BCUT2D eigenvalue weighted by Gasteiger charge is 2.38. The number of aromatic carboxylic acids is 1. The predicted molar refractivity (Wildman–Crippen MR) is 130 cm³/mol. The summed E-state index contributed by atoms with van der Waals surface area (Å²) >= 11 is 0. The first-order valence-electron chi connectivity index (χ1n) is 11.0. The Kier molecular flexibility index (Phi) is 10.3. The van der Waals surface area contributed by atoms with E-state index in [9.17, 15) is 31.5 Å². The average molecular weight is 559 g/mol. The lowest BCUT2D eigenvalue weighted by Gasteiger charge is -2.36. The Morgan fingerprint density at radius 2 is 1.66 bits per heavy atom. The van der Waals surface area contributed by atoms with Gasteiger partial charge in [0.2, 0.25) is 0 Å². The molecule has 1 heterocycles. The minimum absolute atomic E-state index is 0.0103. The van der Waals surface area contributed by atoms with Crippen LogP contribution in [0.15, 0.2) is 47.4 Å². The molecule has 2 aromatic rings. The number of ether oxygens (including phenoxy) is 1. The van der Waals surface area contributed by atoms with E-state index in [1.54, 1.807) is 18.2 Å². The van der Waals surface area contributed by atoms with E-state index in [1.807, 2.05) is 4.90 Å². The van der Waals surface area contributed by atoms with Crippen LogP contribution in [-0.4, -0.2) is 81.5 Å². The predicted octanol–water partition coefficient (Wildman–Crippen LogP) is 2.86. The molecule has 3 N–H and O–H groups in total. The van der Waals surface area contributed by atoms with E-state index >= 15 is 0 Å². The van der Waals surface area contributed by atoms with Crippen LogP contribution in [0.25, 0.3) is 0 Å². The summed E-state index contributed by atoms with van der Waals surface area (Å²) in [5.74, 6) is -3.37. The molecule has 1 saturated heterocycles. The van der Waals surface area contributed by atoms with E-state index in [1.165, 1.54) is 31.4 Å². The average Bonchev–Trinajstić information content (AvgIpc) is 2.87. The van der Waals surface area contributed by atoms with Crippen LogP contribution in [-0.2, 0) is 14.8 Å². The van der Waals surface area contributed by atoms with Gasteiger partial charge in [-0.25, -0.2) is 18.0 Å². The van der Waals surface area contributed by atoms with Crippen LogP contribution in [0.2, 0.25) is 0 Å². The fourth-order valence-electron chi connectivity index (χ4n) is 3.41. The number of nitrogens with one attached hydrogen (secondary N) is 1. The Bertz CT molecular complexity index is 1270. The molecule has 1 fully saturated rings. The molecule has 0 aromatic heterocycles. The molecular formula is C23H25F3N4O7S. The van der Waals surface area contributed by atoms with Gasteiger partial charge in [-0.05, 0) is 42.5 Å². The number of hydrogen-bond acceptors (Lipinski definition) is 8. The number of carboxylic acid groups (broad SMARTS) is 2. The Labute approximate surface area is 216 Å². The smallest absolute Gasteiger partial charge is 0.490 e. The molecule has 0 unspecified atom stereocenters. The molecule has 0 atom stereocenters. The van der Waals surface area contributed by atoms with Gasteiger partial charge >= 0.3 is 18.1 Å². The number of carboxylic acids is 2. The number of aliphatic carboxylic acids is 1. The Hall–Kier alpha value is -4.03. The molecule has 0 amide bonds. The number of nitrogens with zero attached hydrogens (tertiary/aromatic N) is 3. The minimum atomic E-state index is -5.08. The summed E-state index contributed by atoms with van der Waals surface area (Å²) in [6, 6.07) is 12.5. The molecule has 15 heteroatoms. The minimum Gasteiger partial charge on any atom is -0.497 e. The van der Waals surface area contributed by atoms with Gasteiger partial charge in [-0.15, -0.1) is 0 Å². The molecule has 3 rings (SSSR count). The van der Waals surface area contributed by atoms with Gasteiger partial charge in [-0.1, -0.05) is 0 Å². The van der Waals surface area contributed by atoms with Gasteiger partial charge in [-0.2, -0.15) is 18.4 Å². The zero-order valence-corrected chi connectivity index (χ0v) is 20.9. The van der Waals surface area contributed by atoms with Gasteiger partial charge in [-0.3, -0.25) is 9.62 Å². The standard InChI is InChI=1S/C21H24N4O5S.C2HF3O2/c1-30-17-4-6-18(7-5-17)31(28,29)23-19-15-16(21(26)27)3-8-20(19)25-13-11-24(12-14-25)10-2-9-22;3-2(4,5)1(6)7/h3-8,15,23H,2,10-14H2,1H3,(H,26,27);(H,6,7). The van der Waals surface area contributed by atoms with Crippen LogP contribution in [0.1, 0.15) is 16.8 Å². The molecule has 2 aromatic carbocycles. The second-order valence-corrected chi connectivity index (χ2v) is 9.54. The number of carbonyl (C=O) groups is 2. The Morgan fingerprint density at radius 1 is 1.08 bits per heavy atom. The first kappa shape index (κ1) is 30.2. The number of methoxy groups -OCH3 is 1. The molecule has 0 saturated carbocycles. The Balaban J connectivity index is 0.000000638. The topological polar surface area (TPSA) is 160 Å². The first-order valence-corrected chi connectivity index (χ1v) is 12.5. The molecule has 0 spiro atoms. The number of rotatable bonds is 8. The summed E-state index contributed by atoms with van der Waals surface area (Å²) in [6.45, 7) is 3.42. The fourth-order valence-corrected chi connectivity index (χ4v) is 4.47. The van der Waals surface area contributed by atoms with Crippen molar-refractivity contribution in [1.82, 2.24) is 4.90 Å². The number of anilines is 2. The van der Waals surface area contributed by atoms with E-state index in [4.69, 9.17) is 19.9 Å². The normalized spacial score (nSPS) is 14.0. The molecule has 1 aliphatic heterocycles. The van der Waals surface area contributed by atoms with Crippen LogP contribution in [0.4, 0.5) is 24.5 Å². The molecule has 0 bridgehead atoms. The largest absolute Gasteiger partial charge is 0.497 e. The monoisotopic (exact) mass is 558 g/mol. The summed E-state index contributed by atoms with van der Waals surface area (Å²) < 4.78 is 65.2. The Morgan fingerprint density at radius 3 is 2.13 bits per heavy atom. The highest BCUT2D eigenvalue weighted by atomic mass is 32.2. The lowest BCUT2D eigenvalue weighted by atomic mass is 10.1. The molecule has 1 aliphatic rings.